The summed E-state index contributed by atoms with van der Waals surface area (Å²) in [6.07, 6.45) is 5.76. The Kier molecular flexibility index (Phi) is 7.05. The van der Waals surface area contributed by atoms with Crippen LogP contribution in [0, 0.1) is 0 Å². The molecule has 196 valence electrons. The number of aliphatic hydroxyl groups is 1. The van der Waals surface area contributed by atoms with E-state index < -0.39 is 17.7 Å². The van der Waals surface area contributed by atoms with E-state index in [0.29, 0.717) is 34.1 Å². The summed E-state index contributed by atoms with van der Waals surface area (Å²) in [5.41, 5.74) is 4.08. The van der Waals surface area contributed by atoms with Crippen molar-refractivity contribution in [3.63, 3.8) is 0 Å². The number of benzene rings is 2. The predicted molar refractivity (Wildman–Crippen MR) is 141 cm³/mol. The molecule has 8 heteroatoms. The minimum atomic E-state index is -0.901. The molecule has 1 aromatic heterocycles. The number of methoxy groups -OCH3 is 3. The fourth-order valence-electron chi connectivity index (χ4n) is 5.35. The average Bonchev–Trinajstić information content (AvgIpc) is 3.21. The normalized spacial score (nSPS) is 18.3. The third kappa shape index (κ3) is 4.47. The van der Waals surface area contributed by atoms with E-state index in [0.717, 1.165) is 31.2 Å². The van der Waals surface area contributed by atoms with Gasteiger partial charge in [-0.2, -0.15) is 0 Å². The molecule has 1 aliphatic heterocycles. The molecule has 2 aliphatic rings. The van der Waals surface area contributed by atoms with E-state index in [1.165, 1.54) is 31.8 Å². The Morgan fingerprint density at radius 1 is 0.947 bits per heavy atom. The lowest BCUT2D eigenvalue weighted by atomic mass is 9.88. The van der Waals surface area contributed by atoms with Crippen LogP contribution in [0.1, 0.15) is 46.8 Å². The number of ether oxygens (including phenoxy) is 3. The van der Waals surface area contributed by atoms with E-state index in [1.807, 2.05) is 24.3 Å². The Labute approximate surface area is 221 Å². The second-order valence-electron chi connectivity index (χ2n) is 9.40. The predicted octanol–water partition coefficient (Wildman–Crippen LogP) is 4.61. The molecule has 1 N–H and O–H groups in total. The maximum absolute atomic E-state index is 13.5. The van der Waals surface area contributed by atoms with Crippen molar-refractivity contribution in [1.82, 2.24) is 9.88 Å². The monoisotopic (exact) mass is 514 g/mol. The summed E-state index contributed by atoms with van der Waals surface area (Å²) in [6.45, 7) is 0.0771. The molecule has 0 saturated carbocycles. The van der Waals surface area contributed by atoms with Crippen LogP contribution in [0.3, 0.4) is 0 Å². The van der Waals surface area contributed by atoms with Gasteiger partial charge in [-0.15, -0.1) is 0 Å². The number of rotatable bonds is 7. The van der Waals surface area contributed by atoms with Crippen molar-refractivity contribution >= 4 is 17.4 Å². The molecule has 38 heavy (non-hydrogen) atoms. The summed E-state index contributed by atoms with van der Waals surface area (Å²) in [5.74, 6) is -0.545. The van der Waals surface area contributed by atoms with E-state index in [9.17, 15) is 14.7 Å². The van der Waals surface area contributed by atoms with Gasteiger partial charge in [-0.05, 0) is 72.7 Å². The molecule has 2 heterocycles. The first-order valence-corrected chi connectivity index (χ1v) is 12.6. The minimum absolute atomic E-state index is 0.0102. The molecule has 1 saturated heterocycles. The Balaban J connectivity index is 1.70. The van der Waals surface area contributed by atoms with Gasteiger partial charge < -0.3 is 24.2 Å². The number of Topliss-reactive ketones (excluding diaryl/α,β-unsaturated/α-hetero) is 1. The number of hydrogen-bond donors (Lipinski definition) is 1. The summed E-state index contributed by atoms with van der Waals surface area (Å²) < 4.78 is 16.6. The Bertz CT molecular complexity index is 1390. The minimum Gasteiger partial charge on any atom is -0.507 e. The molecule has 1 fully saturated rings. The van der Waals surface area contributed by atoms with Gasteiger partial charge in [0.1, 0.15) is 5.76 Å². The zero-order valence-corrected chi connectivity index (χ0v) is 21.7. The van der Waals surface area contributed by atoms with Gasteiger partial charge in [-0.1, -0.05) is 18.2 Å². The molecule has 2 aromatic carbocycles. The number of carbonyl (C=O) groups excluding carboxylic acids is 2. The lowest BCUT2D eigenvalue weighted by Gasteiger charge is -2.26. The third-order valence-electron chi connectivity index (χ3n) is 7.22. The van der Waals surface area contributed by atoms with Crippen molar-refractivity contribution in [2.75, 3.05) is 21.3 Å². The summed E-state index contributed by atoms with van der Waals surface area (Å²) in [6, 6.07) is 13.6. The highest BCUT2D eigenvalue weighted by Gasteiger charge is 2.46. The van der Waals surface area contributed by atoms with Crippen molar-refractivity contribution < 1.29 is 28.9 Å². The number of pyridine rings is 1. The van der Waals surface area contributed by atoms with Gasteiger partial charge >= 0.3 is 0 Å². The van der Waals surface area contributed by atoms with Crippen LogP contribution in [-0.4, -0.2) is 48.0 Å². The van der Waals surface area contributed by atoms with Crippen molar-refractivity contribution in [2.45, 2.75) is 38.3 Å². The number of fused-ring (bicyclic) bond motifs is 1. The van der Waals surface area contributed by atoms with Gasteiger partial charge in [-0.25, -0.2) is 0 Å². The number of likely N-dealkylation sites (tertiary alicyclic amines) is 1. The summed E-state index contributed by atoms with van der Waals surface area (Å²) in [7, 11) is 4.50. The van der Waals surface area contributed by atoms with Crippen LogP contribution in [0.25, 0.3) is 5.76 Å². The summed E-state index contributed by atoms with van der Waals surface area (Å²) in [4.78, 5) is 32.7. The van der Waals surface area contributed by atoms with Crippen LogP contribution >= 0.6 is 0 Å². The van der Waals surface area contributed by atoms with Crippen LogP contribution in [0.4, 0.5) is 0 Å². The molecule has 1 unspecified atom stereocenters. The maximum atomic E-state index is 13.5. The highest BCUT2D eigenvalue weighted by atomic mass is 16.5. The van der Waals surface area contributed by atoms with Crippen LogP contribution in [0.15, 0.2) is 60.3 Å². The van der Waals surface area contributed by atoms with Crippen LogP contribution in [0.2, 0.25) is 0 Å². The number of amides is 1. The molecule has 0 bridgehead atoms. The zero-order chi connectivity index (χ0) is 26.8. The molecule has 0 spiro atoms. The first kappa shape index (κ1) is 25.3. The lowest BCUT2D eigenvalue weighted by molar-refractivity contribution is -0.140. The number of aromatic nitrogens is 1. The largest absolute Gasteiger partial charge is 0.507 e. The summed E-state index contributed by atoms with van der Waals surface area (Å²) >= 11 is 0. The molecule has 3 aromatic rings. The Morgan fingerprint density at radius 2 is 1.66 bits per heavy atom. The number of aliphatic hydroxyl groups excluding tert-OH is 1. The first-order valence-electron chi connectivity index (χ1n) is 12.6. The van der Waals surface area contributed by atoms with Crippen molar-refractivity contribution in [1.29, 1.82) is 0 Å². The standard InChI is InChI=1S/C30H30N2O6/c1-36-23-15-21(16-24(37-2)29(23)38-3)26-25(27(33)20-12-11-18-8-4-5-9-19(18)14-20)28(34)30(35)32(26)17-22-10-6-7-13-31-22/h6-7,10-16,26,33H,4-5,8-9,17H2,1-3H3/b27-25+. The van der Waals surface area contributed by atoms with Crippen LogP contribution < -0.4 is 14.2 Å². The number of aryl methyl sites for hydroxylation is 2. The fourth-order valence-corrected chi connectivity index (χ4v) is 5.35. The van der Waals surface area contributed by atoms with Gasteiger partial charge in [0.05, 0.1) is 45.2 Å². The van der Waals surface area contributed by atoms with E-state index in [1.54, 1.807) is 30.5 Å². The zero-order valence-electron chi connectivity index (χ0n) is 21.7. The van der Waals surface area contributed by atoms with Crippen LogP contribution in [0.5, 0.6) is 17.2 Å². The topological polar surface area (TPSA) is 98.2 Å². The second kappa shape index (κ2) is 10.6. The molecule has 0 radical (unpaired) electrons. The third-order valence-corrected chi connectivity index (χ3v) is 7.22. The smallest absolute Gasteiger partial charge is 0.296 e. The van der Waals surface area contributed by atoms with E-state index >= 15 is 0 Å². The molecule has 1 aliphatic carbocycles. The average molecular weight is 515 g/mol. The number of carbonyl (C=O) groups is 2. The second-order valence-corrected chi connectivity index (χ2v) is 9.40. The number of ketones is 1. The molecular weight excluding hydrogens is 484 g/mol. The maximum Gasteiger partial charge on any atom is 0.296 e. The fraction of sp³-hybridized carbons (Fsp3) is 0.300. The SMILES string of the molecule is COc1cc(C2/C(=C(\O)c3ccc4c(c3)CCCC4)C(=O)C(=O)N2Cc2ccccn2)cc(OC)c1OC. The van der Waals surface area contributed by atoms with Crippen LogP contribution in [-0.2, 0) is 29.0 Å². The van der Waals surface area contributed by atoms with E-state index in [-0.39, 0.29) is 17.9 Å². The van der Waals surface area contributed by atoms with Gasteiger partial charge in [0, 0.05) is 11.8 Å². The number of hydrogen-bond acceptors (Lipinski definition) is 7. The quantitative estimate of drug-likeness (QED) is 0.279. The molecular formula is C30H30N2O6. The first-order chi connectivity index (χ1) is 18.5. The molecule has 1 atom stereocenters. The summed E-state index contributed by atoms with van der Waals surface area (Å²) in [5, 5.41) is 11.6. The van der Waals surface area contributed by atoms with E-state index in [4.69, 9.17) is 14.2 Å². The van der Waals surface area contributed by atoms with Gasteiger partial charge in [0.15, 0.2) is 11.5 Å². The highest BCUT2D eigenvalue weighted by Crippen LogP contribution is 2.46. The molecule has 8 nitrogen and oxygen atoms in total. The lowest BCUT2D eigenvalue weighted by Crippen LogP contribution is -2.29. The van der Waals surface area contributed by atoms with Crippen molar-refractivity contribution in [3.05, 3.63) is 88.2 Å². The number of nitrogens with zero attached hydrogens (tertiary/aromatic N) is 2. The van der Waals surface area contributed by atoms with Gasteiger partial charge in [0.2, 0.25) is 5.75 Å². The Hall–Kier alpha value is -4.33. The Morgan fingerprint density at radius 3 is 2.29 bits per heavy atom. The van der Waals surface area contributed by atoms with Gasteiger partial charge in [0.25, 0.3) is 11.7 Å². The van der Waals surface area contributed by atoms with Gasteiger partial charge in [-0.3, -0.25) is 14.6 Å². The molecule has 1 amide bonds. The highest BCUT2D eigenvalue weighted by molar-refractivity contribution is 6.46. The van der Waals surface area contributed by atoms with Crippen molar-refractivity contribution in [3.8, 4) is 17.2 Å². The van der Waals surface area contributed by atoms with E-state index in [2.05, 4.69) is 4.98 Å². The van der Waals surface area contributed by atoms with Crippen molar-refractivity contribution in [2.24, 2.45) is 0 Å². The molecule has 5 rings (SSSR count).